The zero-order valence-corrected chi connectivity index (χ0v) is 30.5. The number of fused-ring (bicyclic) bond motifs is 2. The molecule has 2 fully saturated rings. The molecule has 11 nitrogen and oxygen atoms in total. The van der Waals surface area contributed by atoms with Gasteiger partial charge in [0, 0.05) is 5.56 Å². The van der Waals surface area contributed by atoms with E-state index in [4.69, 9.17) is 22.4 Å². The van der Waals surface area contributed by atoms with Crippen molar-refractivity contribution in [2.24, 2.45) is 0 Å². The SMILES string of the molecule is CSCOC1[C@H]2O[Si](C(C)C)(C(C)C)O[Si](C(C)C)(C(C)C)OC[C@H]2O[C@H]1n1cnc2c(NC(=O)c3ccccc3)ncnc21. The molecular formula is C31H47N5O6SSi2. The maximum Gasteiger partial charge on any atom is 0.335 e. The summed E-state index contributed by atoms with van der Waals surface area (Å²) in [5, 5.41) is 2.89. The molecule has 0 spiro atoms. The van der Waals surface area contributed by atoms with Gasteiger partial charge < -0.3 is 27.8 Å². The minimum atomic E-state index is -2.90. The van der Waals surface area contributed by atoms with Crippen LogP contribution in [0.15, 0.2) is 43.0 Å². The summed E-state index contributed by atoms with van der Waals surface area (Å²) in [6.07, 6.45) is 3.18. The van der Waals surface area contributed by atoms with Crippen LogP contribution in [0.4, 0.5) is 5.82 Å². The number of imidazole rings is 1. The Labute approximate surface area is 272 Å². The molecule has 0 bridgehead atoms. The molecule has 246 valence electrons. The number of nitrogens with one attached hydrogen (secondary N) is 1. The number of carbonyl (C=O) groups is 1. The first-order valence-corrected chi connectivity index (χ1v) is 21.1. The van der Waals surface area contributed by atoms with E-state index in [-0.39, 0.29) is 28.1 Å². The highest BCUT2D eigenvalue weighted by atomic mass is 32.2. The molecule has 14 heteroatoms. The lowest BCUT2D eigenvalue weighted by molar-refractivity contribution is -0.0616. The first kappa shape index (κ1) is 34.2. The number of nitrogens with zero attached hydrogens (tertiary/aromatic N) is 4. The summed E-state index contributed by atoms with van der Waals surface area (Å²) in [5.74, 6) is 0.494. The first-order chi connectivity index (χ1) is 21.4. The van der Waals surface area contributed by atoms with E-state index in [0.29, 0.717) is 35.1 Å². The van der Waals surface area contributed by atoms with Crippen LogP contribution in [0.1, 0.15) is 72.0 Å². The van der Waals surface area contributed by atoms with Gasteiger partial charge in [0.25, 0.3) is 5.91 Å². The molecule has 0 radical (unpaired) electrons. The van der Waals surface area contributed by atoms with Gasteiger partial charge in [-0.2, -0.15) is 0 Å². The Hall–Kier alpha value is -2.18. The van der Waals surface area contributed by atoms with E-state index in [2.05, 4.69) is 75.7 Å². The summed E-state index contributed by atoms with van der Waals surface area (Å²) < 4.78 is 36.9. The van der Waals surface area contributed by atoms with Gasteiger partial charge in [-0.05, 0) is 40.6 Å². The lowest BCUT2D eigenvalue weighted by atomic mass is 10.1. The Bertz CT molecular complexity index is 1440. The van der Waals surface area contributed by atoms with Gasteiger partial charge in [0.2, 0.25) is 0 Å². The lowest BCUT2D eigenvalue weighted by Crippen LogP contribution is -2.66. The topological polar surface area (TPSA) is 119 Å². The second-order valence-corrected chi connectivity index (χ2v) is 22.7. The summed E-state index contributed by atoms with van der Waals surface area (Å²) in [6.45, 7) is 18.0. The molecule has 2 aliphatic heterocycles. The molecule has 1 amide bonds. The summed E-state index contributed by atoms with van der Waals surface area (Å²) >= 11 is 1.59. The van der Waals surface area contributed by atoms with Gasteiger partial charge in [-0.25, -0.2) is 15.0 Å². The molecule has 0 saturated carbocycles. The third-order valence-electron chi connectivity index (χ3n) is 8.90. The largest absolute Gasteiger partial charge is 0.414 e. The van der Waals surface area contributed by atoms with Crippen molar-refractivity contribution in [2.75, 3.05) is 24.1 Å². The van der Waals surface area contributed by atoms with Crippen LogP contribution < -0.4 is 5.32 Å². The summed E-state index contributed by atoms with van der Waals surface area (Å²) in [4.78, 5) is 26.5. The number of hydrogen-bond donors (Lipinski definition) is 1. The van der Waals surface area contributed by atoms with Crippen LogP contribution in [0.25, 0.3) is 11.2 Å². The van der Waals surface area contributed by atoms with Crippen molar-refractivity contribution in [3.8, 4) is 0 Å². The molecule has 45 heavy (non-hydrogen) atoms. The minimum Gasteiger partial charge on any atom is -0.414 e. The number of thioether (sulfide) groups is 1. The molecule has 4 atom stereocenters. The highest BCUT2D eigenvalue weighted by molar-refractivity contribution is 7.98. The number of hydrogen-bond acceptors (Lipinski definition) is 10. The fourth-order valence-corrected chi connectivity index (χ4v) is 18.1. The van der Waals surface area contributed by atoms with Crippen molar-refractivity contribution in [1.29, 1.82) is 0 Å². The second kappa shape index (κ2) is 13.9. The van der Waals surface area contributed by atoms with E-state index in [0.717, 1.165) is 0 Å². The highest BCUT2D eigenvalue weighted by Crippen LogP contribution is 2.49. The zero-order chi connectivity index (χ0) is 32.5. The average molecular weight is 674 g/mol. The number of carbonyl (C=O) groups excluding carboxylic acids is 1. The van der Waals surface area contributed by atoms with Gasteiger partial charge in [0.15, 0.2) is 23.2 Å². The van der Waals surface area contributed by atoms with E-state index in [1.807, 2.05) is 29.0 Å². The fraction of sp³-hybridized carbons (Fsp3) is 0.613. The van der Waals surface area contributed by atoms with Gasteiger partial charge in [0.1, 0.15) is 24.6 Å². The first-order valence-electron chi connectivity index (χ1n) is 15.8. The Morgan fingerprint density at radius 3 is 2.29 bits per heavy atom. The molecule has 1 aromatic carbocycles. The van der Waals surface area contributed by atoms with Crippen LogP contribution in [-0.2, 0) is 22.4 Å². The smallest absolute Gasteiger partial charge is 0.335 e. The Morgan fingerprint density at radius 2 is 1.67 bits per heavy atom. The predicted molar refractivity (Wildman–Crippen MR) is 181 cm³/mol. The third kappa shape index (κ3) is 6.40. The highest BCUT2D eigenvalue weighted by Gasteiger charge is 2.62. The molecule has 2 aromatic heterocycles. The Balaban J connectivity index is 1.55. The van der Waals surface area contributed by atoms with E-state index >= 15 is 0 Å². The van der Waals surface area contributed by atoms with Crippen molar-refractivity contribution in [2.45, 2.75) is 102 Å². The van der Waals surface area contributed by atoms with Gasteiger partial charge in [-0.3, -0.25) is 9.36 Å². The van der Waals surface area contributed by atoms with E-state index < -0.39 is 41.7 Å². The number of aromatic nitrogens is 4. The summed E-state index contributed by atoms with van der Waals surface area (Å²) in [7, 11) is -5.64. The molecule has 0 aliphatic carbocycles. The number of ether oxygens (including phenoxy) is 2. The Morgan fingerprint density at radius 1 is 1.00 bits per heavy atom. The zero-order valence-electron chi connectivity index (χ0n) is 27.7. The maximum atomic E-state index is 13.0. The molecular weight excluding hydrogens is 627 g/mol. The average Bonchev–Trinajstić information content (AvgIpc) is 3.57. The second-order valence-electron chi connectivity index (χ2n) is 13.0. The van der Waals surface area contributed by atoms with Crippen LogP contribution in [-0.4, -0.2) is 79.7 Å². The van der Waals surface area contributed by atoms with E-state index in [1.54, 1.807) is 30.2 Å². The van der Waals surface area contributed by atoms with Crippen LogP contribution >= 0.6 is 11.8 Å². The number of amides is 1. The number of benzene rings is 1. The Kier molecular flexibility index (Phi) is 10.6. The van der Waals surface area contributed by atoms with Gasteiger partial charge in [-0.1, -0.05) is 73.6 Å². The van der Waals surface area contributed by atoms with E-state index in [9.17, 15) is 4.79 Å². The van der Waals surface area contributed by atoms with Crippen LogP contribution in [0.3, 0.4) is 0 Å². The standard InChI is InChI=1S/C31H47N5O6SSi2/c1-19(2)44(20(3)4)39-15-24-26(41-45(42-44,21(5)6)22(7)8)27(38-18-43-9)31(40-24)36-17-34-25-28(32-16-33-29(25)36)35-30(37)23-13-11-10-12-14-23/h10-14,16-17,19-22,24,26-27,31H,15,18H2,1-9H3,(H,32,33,35,37)/t24-,26+,27?,31-/m1/s1. The maximum absolute atomic E-state index is 13.0. The summed E-state index contributed by atoms with van der Waals surface area (Å²) in [5.41, 5.74) is 2.28. The predicted octanol–water partition coefficient (Wildman–Crippen LogP) is 6.64. The van der Waals surface area contributed by atoms with Gasteiger partial charge >= 0.3 is 17.1 Å². The van der Waals surface area contributed by atoms with Crippen molar-refractivity contribution >= 4 is 51.8 Å². The molecule has 2 saturated heterocycles. The molecule has 2 aliphatic rings. The van der Waals surface area contributed by atoms with Crippen LogP contribution in [0, 0.1) is 0 Å². The normalized spacial score (nSPS) is 24.7. The summed E-state index contributed by atoms with van der Waals surface area (Å²) in [6, 6.07) is 9.00. The van der Waals surface area contributed by atoms with Crippen molar-refractivity contribution < 1.29 is 27.2 Å². The van der Waals surface area contributed by atoms with Crippen LogP contribution in [0.5, 0.6) is 0 Å². The molecule has 5 rings (SSSR count). The van der Waals surface area contributed by atoms with Crippen LogP contribution in [0.2, 0.25) is 22.2 Å². The monoisotopic (exact) mass is 673 g/mol. The number of rotatable bonds is 10. The number of anilines is 1. The molecule has 1 unspecified atom stereocenters. The van der Waals surface area contributed by atoms with E-state index in [1.165, 1.54) is 6.33 Å². The van der Waals surface area contributed by atoms with Gasteiger partial charge in [0.05, 0.1) is 18.9 Å². The molecule has 1 N–H and O–H groups in total. The molecule has 3 aromatic rings. The fourth-order valence-electron chi connectivity index (χ4n) is 6.57. The van der Waals surface area contributed by atoms with Crippen molar-refractivity contribution in [1.82, 2.24) is 19.5 Å². The van der Waals surface area contributed by atoms with Crippen molar-refractivity contribution in [3.63, 3.8) is 0 Å². The molecule has 4 heterocycles. The third-order valence-corrected chi connectivity index (χ3v) is 19.5. The quantitative estimate of drug-likeness (QED) is 0.185. The van der Waals surface area contributed by atoms with Crippen molar-refractivity contribution in [3.05, 3.63) is 48.5 Å². The lowest BCUT2D eigenvalue weighted by Gasteiger charge is -2.51. The minimum absolute atomic E-state index is 0.169. The van der Waals surface area contributed by atoms with Gasteiger partial charge in [-0.15, -0.1) is 11.8 Å².